The maximum atomic E-state index is 5.86. The van der Waals surface area contributed by atoms with Crippen LogP contribution in [0.4, 0.5) is 5.69 Å². The van der Waals surface area contributed by atoms with E-state index >= 15 is 0 Å². The van der Waals surface area contributed by atoms with E-state index in [1.54, 1.807) is 11.3 Å². The summed E-state index contributed by atoms with van der Waals surface area (Å²) >= 11 is 1.69. The van der Waals surface area contributed by atoms with Gasteiger partial charge in [-0.1, -0.05) is 24.3 Å². The Kier molecular flexibility index (Phi) is 3.77. The number of hydrogen-bond donors (Lipinski definition) is 2. The molecule has 0 bridgehead atoms. The highest BCUT2D eigenvalue weighted by Gasteiger charge is 2.04. The highest BCUT2D eigenvalue weighted by atomic mass is 32.1. The van der Waals surface area contributed by atoms with Crippen molar-refractivity contribution in [2.24, 2.45) is 10.7 Å². The van der Waals surface area contributed by atoms with Crippen LogP contribution in [0.15, 0.2) is 52.8 Å². The molecule has 17 heavy (non-hydrogen) atoms. The van der Waals surface area contributed by atoms with Crippen LogP contribution in [-0.4, -0.2) is 5.96 Å². The van der Waals surface area contributed by atoms with Crippen molar-refractivity contribution in [1.29, 1.82) is 0 Å². The summed E-state index contributed by atoms with van der Waals surface area (Å²) in [6.07, 6.45) is 0. The topological polar surface area (TPSA) is 50.4 Å². The molecule has 4 heteroatoms. The van der Waals surface area contributed by atoms with Gasteiger partial charge >= 0.3 is 0 Å². The van der Waals surface area contributed by atoms with Crippen LogP contribution in [0.1, 0.15) is 17.8 Å². The predicted octanol–water partition coefficient (Wildman–Crippen LogP) is 3.24. The Bertz CT molecular complexity index is 477. The summed E-state index contributed by atoms with van der Waals surface area (Å²) in [6.45, 7) is 2.03. The van der Waals surface area contributed by atoms with E-state index in [9.17, 15) is 0 Å². The Balaban J connectivity index is 2.02. The number of nitrogens with two attached hydrogens (primary N) is 1. The monoisotopic (exact) mass is 245 g/mol. The number of rotatable bonds is 3. The molecule has 3 N–H and O–H groups in total. The molecule has 2 aromatic rings. The van der Waals surface area contributed by atoms with Crippen molar-refractivity contribution in [3.63, 3.8) is 0 Å². The third-order valence-corrected chi connectivity index (χ3v) is 3.38. The molecule has 0 saturated heterocycles. The first-order chi connectivity index (χ1) is 8.25. The molecule has 0 aliphatic heterocycles. The average Bonchev–Trinajstić information content (AvgIpc) is 2.83. The van der Waals surface area contributed by atoms with Crippen LogP contribution in [-0.2, 0) is 0 Å². The lowest BCUT2D eigenvalue weighted by Crippen LogP contribution is -2.23. The third kappa shape index (κ3) is 3.32. The van der Waals surface area contributed by atoms with Gasteiger partial charge in [-0.25, -0.2) is 4.99 Å². The Morgan fingerprint density at radius 1 is 1.24 bits per heavy atom. The van der Waals surface area contributed by atoms with Crippen LogP contribution in [0.3, 0.4) is 0 Å². The number of nitrogens with one attached hydrogen (secondary N) is 1. The molecule has 0 saturated carbocycles. The zero-order chi connectivity index (χ0) is 12.1. The van der Waals surface area contributed by atoms with Gasteiger partial charge in [0.1, 0.15) is 0 Å². The maximum Gasteiger partial charge on any atom is 0.193 e. The molecule has 1 heterocycles. The minimum atomic E-state index is 0.0891. The van der Waals surface area contributed by atoms with Crippen molar-refractivity contribution in [2.75, 3.05) is 5.32 Å². The lowest BCUT2D eigenvalue weighted by atomic mass is 10.3. The molecule has 2 rings (SSSR count). The summed E-state index contributed by atoms with van der Waals surface area (Å²) in [4.78, 5) is 5.62. The van der Waals surface area contributed by atoms with Gasteiger partial charge in [-0.2, -0.15) is 0 Å². The molecule has 0 aliphatic rings. The first-order valence-electron chi connectivity index (χ1n) is 5.44. The zero-order valence-electron chi connectivity index (χ0n) is 9.63. The quantitative estimate of drug-likeness (QED) is 0.644. The van der Waals surface area contributed by atoms with Gasteiger partial charge in [-0.15, -0.1) is 11.3 Å². The minimum absolute atomic E-state index is 0.0891. The summed E-state index contributed by atoms with van der Waals surface area (Å²) in [7, 11) is 0. The molecule has 88 valence electrons. The first-order valence-corrected chi connectivity index (χ1v) is 6.32. The van der Waals surface area contributed by atoms with Crippen molar-refractivity contribution in [3.8, 4) is 0 Å². The molecular weight excluding hydrogens is 230 g/mol. The van der Waals surface area contributed by atoms with E-state index in [0.717, 1.165) is 5.69 Å². The second-order valence-corrected chi connectivity index (χ2v) is 4.68. The van der Waals surface area contributed by atoms with Crippen LogP contribution in [0, 0.1) is 0 Å². The largest absolute Gasteiger partial charge is 0.370 e. The number of guanidine groups is 1. The summed E-state index contributed by atoms with van der Waals surface area (Å²) in [5, 5.41) is 5.11. The summed E-state index contributed by atoms with van der Waals surface area (Å²) in [6, 6.07) is 14.0. The number of hydrogen-bond acceptors (Lipinski definition) is 2. The summed E-state index contributed by atoms with van der Waals surface area (Å²) < 4.78 is 0. The fraction of sp³-hybridized carbons (Fsp3) is 0.154. The van der Waals surface area contributed by atoms with E-state index in [2.05, 4.69) is 16.4 Å². The minimum Gasteiger partial charge on any atom is -0.370 e. The van der Waals surface area contributed by atoms with Crippen molar-refractivity contribution in [1.82, 2.24) is 0 Å². The molecule has 1 unspecified atom stereocenters. The van der Waals surface area contributed by atoms with Crippen molar-refractivity contribution >= 4 is 23.0 Å². The first kappa shape index (κ1) is 11.7. The van der Waals surface area contributed by atoms with Crippen LogP contribution in [0.5, 0.6) is 0 Å². The lowest BCUT2D eigenvalue weighted by molar-refractivity contribution is 0.837. The summed E-state index contributed by atoms with van der Waals surface area (Å²) in [5.74, 6) is 0.442. The maximum absolute atomic E-state index is 5.86. The highest BCUT2D eigenvalue weighted by Crippen LogP contribution is 2.21. The number of aliphatic imine (C=N–C) groups is 1. The van der Waals surface area contributed by atoms with Crippen LogP contribution in [0.25, 0.3) is 0 Å². The lowest BCUT2D eigenvalue weighted by Gasteiger charge is -2.08. The standard InChI is InChI=1S/C13H15N3S/c1-10(12-8-5-9-17-12)15-13(14)16-11-6-3-2-4-7-11/h2-10H,1H3,(H3,14,15,16). The van der Waals surface area contributed by atoms with E-state index in [-0.39, 0.29) is 6.04 Å². The molecule has 0 radical (unpaired) electrons. The third-order valence-electron chi connectivity index (χ3n) is 2.33. The molecule has 0 spiro atoms. The Labute approximate surface area is 105 Å². The fourth-order valence-corrected chi connectivity index (χ4v) is 2.22. The highest BCUT2D eigenvalue weighted by molar-refractivity contribution is 7.10. The van der Waals surface area contributed by atoms with Crippen LogP contribution < -0.4 is 11.1 Å². The summed E-state index contributed by atoms with van der Waals surface area (Å²) in [5.41, 5.74) is 6.81. The van der Waals surface area contributed by atoms with Crippen molar-refractivity contribution < 1.29 is 0 Å². The number of para-hydroxylation sites is 1. The molecule has 3 nitrogen and oxygen atoms in total. The van der Waals surface area contributed by atoms with Gasteiger partial charge in [0.25, 0.3) is 0 Å². The average molecular weight is 245 g/mol. The van der Waals surface area contributed by atoms with E-state index < -0.39 is 0 Å². The fourth-order valence-electron chi connectivity index (χ4n) is 1.50. The van der Waals surface area contributed by atoms with Gasteiger partial charge in [-0.3, -0.25) is 0 Å². The predicted molar refractivity (Wildman–Crippen MR) is 74.4 cm³/mol. The van der Waals surface area contributed by atoms with Crippen LogP contribution >= 0.6 is 11.3 Å². The van der Waals surface area contributed by atoms with Crippen LogP contribution in [0.2, 0.25) is 0 Å². The Morgan fingerprint density at radius 3 is 2.65 bits per heavy atom. The Hall–Kier alpha value is -1.81. The molecule has 0 fully saturated rings. The van der Waals surface area contributed by atoms with E-state index in [0.29, 0.717) is 5.96 Å². The van der Waals surface area contributed by atoms with Gasteiger partial charge in [0.2, 0.25) is 0 Å². The van der Waals surface area contributed by atoms with Crippen molar-refractivity contribution in [2.45, 2.75) is 13.0 Å². The molecule has 1 aromatic heterocycles. The molecule has 1 aromatic carbocycles. The normalized spacial score (nSPS) is 13.4. The zero-order valence-corrected chi connectivity index (χ0v) is 10.4. The second kappa shape index (κ2) is 5.50. The molecule has 0 amide bonds. The van der Waals surface area contributed by atoms with E-state index in [1.807, 2.05) is 48.7 Å². The van der Waals surface area contributed by atoms with Gasteiger partial charge in [0.05, 0.1) is 6.04 Å². The van der Waals surface area contributed by atoms with Gasteiger partial charge in [-0.05, 0) is 30.5 Å². The van der Waals surface area contributed by atoms with Gasteiger partial charge < -0.3 is 11.1 Å². The SMILES string of the molecule is CC(N=C(N)Nc1ccccc1)c1cccs1. The molecule has 0 aliphatic carbocycles. The number of nitrogens with zero attached hydrogens (tertiary/aromatic N) is 1. The molecule has 1 atom stereocenters. The number of thiophene rings is 1. The van der Waals surface area contributed by atoms with Gasteiger partial charge in [0, 0.05) is 10.6 Å². The smallest absolute Gasteiger partial charge is 0.193 e. The number of anilines is 1. The van der Waals surface area contributed by atoms with E-state index in [4.69, 9.17) is 5.73 Å². The second-order valence-electron chi connectivity index (χ2n) is 3.70. The number of benzene rings is 1. The van der Waals surface area contributed by atoms with Crippen molar-refractivity contribution in [3.05, 3.63) is 52.7 Å². The van der Waals surface area contributed by atoms with Gasteiger partial charge in [0.15, 0.2) is 5.96 Å². The molecular formula is C13H15N3S. The van der Waals surface area contributed by atoms with E-state index in [1.165, 1.54) is 4.88 Å². The Morgan fingerprint density at radius 2 is 2.00 bits per heavy atom.